The molecular formula is C37H37N3O13. The number of nitrogens with one attached hydrogen (secondary N) is 1. The highest BCUT2D eigenvalue weighted by molar-refractivity contribution is 5.90. The molecule has 9 unspecified atom stereocenters. The molecule has 0 saturated carbocycles. The maximum Gasteiger partial charge on any atom is 0.317 e. The number of esters is 1. The van der Waals surface area contributed by atoms with Crippen LogP contribution in [0.5, 0.6) is 28.7 Å². The van der Waals surface area contributed by atoms with Gasteiger partial charge >= 0.3 is 11.9 Å². The minimum Gasteiger partial charge on any atom is -0.493 e. The summed E-state index contributed by atoms with van der Waals surface area (Å²) >= 11 is 0. The van der Waals surface area contributed by atoms with Crippen molar-refractivity contribution in [3.8, 4) is 28.7 Å². The van der Waals surface area contributed by atoms with Gasteiger partial charge in [-0.1, -0.05) is 24.3 Å². The fraction of sp³-hybridized carbons (Fsp3) is 0.378. The molecule has 5 heterocycles. The predicted molar refractivity (Wildman–Crippen MR) is 181 cm³/mol. The van der Waals surface area contributed by atoms with Gasteiger partial charge < -0.3 is 64.6 Å². The van der Waals surface area contributed by atoms with Gasteiger partial charge in [0.1, 0.15) is 48.5 Å². The van der Waals surface area contributed by atoms with Crippen molar-refractivity contribution in [1.82, 2.24) is 5.32 Å². The highest BCUT2D eigenvalue weighted by Crippen LogP contribution is 2.57. The number of carbonyl (C=O) groups excluding carboxylic acids is 1. The summed E-state index contributed by atoms with van der Waals surface area (Å²) in [5, 5.41) is 47.1. The Balaban J connectivity index is 1.20. The second-order valence-corrected chi connectivity index (χ2v) is 13.3. The molecule has 16 nitrogen and oxygen atoms in total. The minimum atomic E-state index is -2.06. The number of para-hydroxylation sites is 1. The van der Waals surface area contributed by atoms with Crippen LogP contribution < -0.4 is 45.3 Å². The molecular weight excluding hydrogens is 694 g/mol. The van der Waals surface area contributed by atoms with E-state index in [1.165, 1.54) is 12.3 Å². The van der Waals surface area contributed by atoms with Gasteiger partial charge in [-0.3, -0.25) is 14.6 Å². The number of nitrogens with zero attached hydrogens (tertiary/aromatic N) is 1. The number of ether oxygens (including phenoxy) is 7. The van der Waals surface area contributed by atoms with Crippen LogP contribution in [0.3, 0.4) is 0 Å². The average molecular weight is 732 g/mol. The van der Waals surface area contributed by atoms with Crippen molar-refractivity contribution in [3.05, 3.63) is 88.1 Å². The number of aliphatic hydroxyl groups excluding tert-OH is 3. The number of carbonyl (C=O) groups is 2. The molecule has 5 aliphatic heterocycles. The number of fused-ring (bicyclic) bond motifs is 6. The van der Waals surface area contributed by atoms with Gasteiger partial charge in [0.05, 0.1) is 38.6 Å². The van der Waals surface area contributed by atoms with Crippen molar-refractivity contribution in [2.45, 2.75) is 60.9 Å². The number of aliphatic hydroxyl groups is 3. The molecule has 16 heteroatoms. The number of aliphatic carboxylic acids is 1. The topological polar surface area (TPSA) is 230 Å². The van der Waals surface area contributed by atoms with Gasteiger partial charge in [0.2, 0.25) is 12.0 Å². The zero-order valence-electron chi connectivity index (χ0n) is 28.5. The van der Waals surface area contributed by atoms with Gasteiger partial charge in [0.25, 0.3) is 0 Å². The Morgan fingerprint density at radius 2 is 1.89 bits per heavy atom. The zero-order chi connectivity index (χ0) is 37.2. The van der Waals surface area contributed by atoms with E-state index in [-0.39, 0.29) is 18.3 Å². The molecule has 0 amide bonds. The molecule has 0 bridgehead atoms. The molecule has 0 aliphatic carbocycles. The van der Waals surface area contributed by atoms with E-state index in [1.807, 2.05) is 36.4 Å². The highest BCUT2D eigenvalue weighted by Gasteiger charge is 2.61. The smallest absolute Gasteiger partial charge is 0.317 e. The van der Waals surface area contributed by atoms with Crippen LogP contribution in [-0.2, 0) is 19.1 Å². The molecule has 1 saturated heterocycles. The SMILES string of the molecule is COc1ccc2c(c1OC)OC1c3c(cc(OC4OC5(C=CNC(N)C5OC(=O)CC(=O)O)C(O)C(O)C4O)cc3C3=c4ccccc4=NC3)OCC21. The molecule has 53 heavy (non-hydrogen) atoms. The van der Waals surface area contributed by atoms with Crippen molar-refractivity contribution in [1.29, 1.82) is 0 Å². The van der Waals surface area contributed by atoms with E-state index in [1.54, 1.807) is 26.4 Å². The normalized spacial score (nSPS) is 30.3. The fourth-order valence-corrected chi connectivity index (χ4v) is 7.78. The summed E-state index contributed by atoms with van der Waals surface area (Å²) < 4.78 is 42.2. The standard InChI is InChI=1S/C37H37N3O13/c1-47-23-8-7-18-21-15-49-24-12-16(11-19(20-14-40-22-6-4-3-5-17(20)22)27(24)30(21)52-31(18)32(23)48-2)50-36-29(45)28(44)33(46)37(53-36)9-10-39-35(38)34(37)51-26(43)13-25(41)42/h3-12,21,28-30,33-36,39,44-46H,13-15,38H2,1-2H3,(H,41,42). The van der Waals surface area contributed by atoms with Crippen LogP contribution >= 0.6 is 0 Å². The van der Waals surface area contributed by atoms with Crippen LogP contribution in [-0.4, -0.2) is 102 Å². The Labute approximate surface area is 301 Å². The third kappa shape index (κ3) is 5.61. The Morgan fingerprint density at radius 3 is 2.66 bits per heavy atom. The van der Waals surface area contributed by atoms with Crippen molar-refractivity contribution >= 4 is 17.5 Å². The van der Waals surface area contributed by atoms with Crippen LogP contribution in [0.1, 0.15) is 35.1 Å². The minimum absolute atomic E-state index is 0.160. The number of benzene rings is 3. The molecule has 278 valence electrons. The summed E-state index contributed by atoms with van der Waals surface area (Å²) in [5.41, 5.74) is 7.34. The highest BCUT2D eigenvalue weighted by atomic mass is 16.7. The second kappa shape index (κ2) is 13.2. The predicted octanol–water partition coefficient (Wildman–Crippen LogP) is -0.509. The molecule has 1 spiro atoms. The van der Waals surface area contributed by atoms with Crippen LogP contribution in [0, 0.1) is 0 Å². The lowest BCUT2D eigenvalue weighted by Gasteiger charge is -2.52. The summed E-state index contributed by atoms with van der Waals surface area (Å²) in [4.78, 5) is 28.4. The van der Waals surface area contributed by atoms with Crippen LogP contribution in [0.25, 0.3) is 5.57 Å². The number of nitrogens with two attached hydrogens (primary N) is 1. The van der Waals surface area contributed by atoms with Gasteiger partial charge in [-0.2, -0.15) is 0 Å². The summed E-state index contributed by atoms with van der Waals surface area (Å²) in [6.45, 7) is 0.585. The Kier molecular flexibility index (Phi) is 8.66. The van der Waals surface area contributed by atoms with Crippen molar-refractivity contribution < 1.29 is 63.2 Å². The quantitative estimate of drug-likeness (QED) is 0.127. The first-order chi connectivity index (χ1) is 25.5. The number of methoxy groups -OCH3 is 2. The van der Waals surface area contributed by atoms with Crippen molar-refractivity contribution in [3.63, 3.8) is 0 Å². The van der Waals surface area contributed by atoms with Crippen LogP contribution in [0.4, 0.5) is 0 Å². The lowest BCUT2D eigenvalue weighted by molar-refractivity contribution is -0.321. The van der Waals surface area contributed by atoms with E-state index in [0.29, 0.717) is 35.1 Å². The molecule has 7 N–H and O–H groups in total. The van der Waals surface area contributed by atoms with Crippen LogP contribution in [0.15, 0.2) is 65.8 Å². The lowest BCUT2D eigenvalue weighted by Crippen LogP contribution is -2.74. The number of carboxylic acid groups (broad SMARTS) is 1. The zero-order valence-corrected chi connectivity index (χ0v) is 28.5. The van der Waals surface area contributed by atoms with Crippen LogP contribution in [0.2, 0.25) is 0 Å². The third-order valence-electron chi connectivity index (χ3n) is 10.3. The maximum absolute atomic E-state index is 12.5. The first kappa shape index (κ1) is 34.7. The largest absolute Gasteiger partial charge is 0.493 e. The summed E-state index contributed by atoms with van der Waals surface area (Å²) in [7, 11) is 3.10. The lowest BCUT2D eigenvalue weighted by atomic mass is 9.79. The Bertz CT molecular complexity index is 2140. The van der Waals surface area contributed by atoms with Gasteiger partial charge in [-0.05, 0) is 41.6 Å². The second-order valence-electron chi connectivity index (χ2n) is 13.3. The molecule has 5 aliphatic rings. The molecule has 9 atom stereocenters. The molecule has 3 aromatic carbocycles. The summed E-state index contributed by atoms with van der Waals surface area (Å²) in [6.07, 6.45) is -8.88. The van der Waals surface area contributed by atoms with Gasteiger partial charge in [-0.15, -0.1) is 0 Å². The van der Waals surface area contributed by atoms with Gasteiger partial charge in [0, 0.05) is 22.4 Å². The van der Waals surface area contributed by atoms with E-state index in [4.69, 9.17) is 49.0 Å². The van der Waals surface area contributed by atoms with E-state index < -0.39 is 66.9 Å². The summed E-state index contributed by atoms with van der Waals surface area (Å²) in [5.74, 6) is -0.683. The summed E-state index contributed by atoms with van der Waals surface area (Å²) in [6, 6.07) is 14.8. The first-order valence-corrected chi connectivity index (χ1v) is 16.9. The molecule has 0 aromatic heterocycles. The number of hydrogen-bond donors (Lipinski definition) is 6. The van der Waals surface area contributed by atoms with E-state index in [2.05, 4.69) is 5.32 Å². The van der Waals surface area contributed by atoms with Gasteiger partial charge in [-0.25, -0.2) is 0 Å². The molecule has 8 rings (SSSR count). The first-order valence-electron chi connectivity index (χ1n) is 16.9. The van der Waals surface area contributed by atoms with Crippen molar-refractivity contribution in [2.75, 3.05) is 27.4 Å². The van der Waals surface area contributed by atoms with Crippen molar-refractivity contribution in [2.24, 2.45) is 10.7 Å². The monoisotopic (exact) mass is 731 g/mol. The maximum atomic E-state index is 12.5. The Morgan fingerprint density at radius 1 is 1.08 bits per heavy atom. The average Bonchev–Trinajstić information content (AvgIpc) is 3.75. The third-order valence-corrected chi connectivity index (χ3v) is 10.3. The molecule has 0 radical (unpaired) electrons. The molecule has 3 aromatic rings. The van der Waals surface area contributed by atoms with E-state index in [0.717, 1.165) is 27.3 Å². The van der Waals surface area contributed by atoms with E-state index in [9.17, 15) is 24.9 Å². The number of hydrogen-bond acceptors (Lipinski definition) is 15. The fourth-order valence-electron chi connectivity index (χ4n) is 7.78. The Hall–Kier alpha value is -5.39. The number of carboxylic acids is 1. The number of rotatable bonds is 8. The molecule has 1 fully saturated rings. The van der Waals surface area contributed by atoms with E-state index >= 15 is 0 Å². The van der Waals surface area contributed by atoms with Gasteiger partial charge in [0.15, 0.2) is 23.2 Å².